The van der Waals surface area contributed by atoms with Gasteiger partial charge in [0.05, 0.1) is 17.1 Å². The Morgan fingerprint density at radius 1 is 1.29 bits per heavy atom. The molecule has 0 aromatic carbocycles. The second-order valence-corrected chi connectivity index (χ2v) is 11.9. The number of likely N-dealkylation sites (tertiary alicyclic amines) is 1. The first kappa shape index (κ1) is 28.9. The molecule has 5 rings (SSSR count). The number of aromatic nitrogens is 4. The van der Waals surface area contributed by atoms with Gasteiger partial charge in [-0.2, -0.15) is 4.98 Å². The number of imidazole rings is 1. The quantitative estimate of drug-likeness (QED) is 0.290. The molecule has 10 nitrogen and oxygen atoms in total. The van der Waals surface area contributed by atoms with E-state index < -0.39 is 0 Å². The first-order valence-corrected chi connectivity index (χ1v) is 15.0. The Hall–Kier alpha value is -3.64. The Bertz CT molecular complexity index is 1450. The van der Waals surface area contributed by atoms with Crippen LogP contribution in [0.2, 0.25) is 0 Å². The number of anilines is 1. The average molecular weight is 581 g/mol. The van der Waals surface area contributed by atoms with Crippen molar-refractivity contribution in [3.05, 3.63) is 60.7 Å². The molecule has 218 valence electrons. The molecule has 0 spiro atoms. The lowest BCUT2D eigenvalue weighted by molar-refractivity contribution is -0.129. The fraction of sp³-hybridized carbons (Fsp3) is 0.448. The van der Waals surface area contributed by atoms with Gasteiger partial charge in [-0.3, -0.25) is 9.20 Å². The minimum Gasteiger partial charge on any atom is -0.432 e. The number of nitrogens with two attached hydrogens (primary N) is 1. The summed E-state index contributed by atoms with van der Waals surface area (Å²) in [7, 11) is 0. The number of hydrogen-bond acceptors (Lipinski definition) is 9. The topological polar surface area (TPSA) is 127 Å². The van der Waals surface area contributed by atoms with Crippen molar-refractivity contribution in [3.63, 3.8) is 0 Å². The van der Waals surface area contributed by atoms with Gasteiger partial charge in [0.15, 0.2) is 0 Å². The molecule has 0 saturated carbocycles. The third-order valence-electron chi connectivity index (χ3n) is 7.21. The first-order chi connectivity index (χ1) is 19.8. The predicted molar refractivity (Wildman–Crippen MR) is 160 cm³/mol. The molecule has 0 bridgehead atoms. The van der Waals surface area contributed by atoms with E-state index in [2.05, 4.69) is 29.5 Å². The lowest BCUT2D eigenvalue weighted by atomic mass is 9.92. The van der Waals surface area contributed by atoms with Gasteiger partial charge in [-0.15, -0.1) is 11.8 Å². The van der Waals surface area contributed by atoms with E-state index >= 15 is 0 Å². The maximum Gasteiger partial charge on any atom is 0.306 e. The maximum absolute atomic E-state index is 14.0. The lowest BCUT2D eigenvalue weighted by Crippen LogP contribution is -2.44. The van der Waals surface area contributed by atoms with Gasteiger partial charge in [-0.25, -0.2) is 14.4 Å². The van der Waals surface area contributed by atoms with Crippen LogP contribution in [0.4, 0.5) is 10.3 Å². The third-order valence-corrected chi connectivity index (χ3v) is 8.12. The number of amides is 1. The van der Waals surface area contributed by atoms with E-state index in [1.807, 2.05) is 34.6 Å². The highest BCUT2D eigenvalue weighted by atomic mass is 32.2. The number of hydrogen-bond donors (Lipinski definition) is 3. The van der Waals surface area contributed by atoms with E-state index in [0.29, 0.717) is 48.7 Å². The Kier molecular flexibility index (Phi) is 9.09. The Morgan fingerprint density at radius 3 is 2.85 bits per heavy atom. The van der Waals surface area contributed by atoms with Crippen molar-refractivity contribution in [2.75, 3.05) is 24.2 Å². The Morgan fingerprint density at radius 2 is 2.10 bits per heavy atom. The van der Waals surface area contributed by atoms with Gasteiger partial charge >= 0.3 is 5.84 Å². The van der Waals surface area contributed by atoms with Crippen molar-refractivity contribution < 1.29 is 13.6 Å². The van der Waals surface area contributed by atoms with Crippen LogP contribution >= 0.6 is 11.8 Å². The Balaban J connectivity index is 1.21. The summed E-state index contributed by atoms with van der Waals surface area (Å²) in [5, 5.41) is 6.54. The molecule has 3 aromatic rings. The van der Waals surface area contributed by atoms with Crippen LogP contribution in [0.25, 0.3) is 22.8 Å². The van der Waals surface area contributed by atoms with Gasteiger partial charge in [-0.1, -0.05) is 32.9 Å². The number of rotatable bonds is 10. The van der Waals surface area contributed by atoms with E-state index in [4.69, 9.17) is 20.1 Å². The molecule has 1 aliphatic heterocycles. The molecular formula is C29H37FN8O2S. The largest absolute Gasteiger partial charge is 0.432 e. The van der Waals surface area contributed by atoms with Gasteiger partial charge < -0.3 is 25.7 Å². The van der Waals surface area contributed by atoms with Crippen molar-refractivity contribution in [2.45, 2.75) is 51.6 Å². The number of thioether (sulfide) groups is 1. The molecule has 0 radical (unpaired) electrons. The second kappa shape index (κ2) is 12.9. The minimum absolute atomic E-state index is 0.0928. The number of nitrogens with one attached hydrogen (secondary N) is 2. The molecule has 1 amide bonds. The van der Waals surface area contributed by atoms with Crippen molar-refractivity contribution in [2.24, 2.45) is 17.6 Å². The predicted octanol–water partition coefficient (Wildman–Crippen LogP) is 4.80. The van der Waals surface area contributed by atoms with Crippen LogP contribution in [-0.2, 0) is 4.79 Å². The van der Waals surface area contributed by atoms with Crippen molar-refractivity contribution in [3.8, 4) is 11.4 Å². The Labute approximate surface area is 243 Å². The highest BCUT2D eigenvalue weighted by Crippen LogP contribution is 2.36. The molecule has 2 atom stereocenters. The molecule has 2 aliphatic rings. The SMILES string of the molecule is CC(C)/C=C\NC(N)SCC(=O)N1CCC(Nc2nccc(-c3c(C4=CC=C(F)C(C)C4)nc4occn34)n2)CC1. The van der Waals surface area contributed by atoms with E-state index in [0.717, 1.165) is 29.8 Å². The number of carbonyl (C=O) groups excluding carboxylic acids is 1. The smallest absolute Gasteiger partial charge is 0.306 e. The monoisotopic (exact) mass is 580 g/mol. The summed E-state index contributed by atoms with van der Waals surface area (Å²) < 4.78 is 21.4. The summed E-state index contributed by atoms with van der Waals surface area (Å²) in [5.74, 6) is 1.48. The number of fused-ring (bicyclic) bond motifs is 1. The molecule has 4 heterocycles. The molecule has 2 unspecified atom stereocenters. The minimum atomic E-state index is -0.326. The van der Waals surface area contributed by atoms with Crippen LogP contribution in [0.3, 0.4) is 0 Å². The van der Waals surface area contributed by atoms with Crippen molar-refractivity contribution >= 4 is 35.0 Å². The summed E-state index contributed by atoms with van der Waals surface area (Å²) in [6.07, 6.45) is 14.4. The van der Waals surface area contributed by atoms with Gasteiger partial charge in [0.1, 0.15) is 23.3 Å². The third kappa shape index (κ3) is 6.99. The number of halogens is 1. The molecule has 1 fully saturated rings. The normalized spacial score (nSPS) is 19.1. The van der Waals surface area contributed by atoms with Crippen LogP contribution in [0, 0.1) is 11.8 Å². The lowest BCUT2D eigenvalue weighted by Gasteiger charge is -2.32. The van der Waals surface area contributed by atoms with Crippen molar-refractivity contribution in [1.29, 1.82) is 0 Å². The summed E-state index contributed by atoms with van der Waals surface area (Å²) in [6, 6.07) is 1.98. The van der Waals surface area contributed by atoms with Crippen LogP contribution in [0.15, 0.2) is 59.4 Å². The van der Waals surface area contributed by atoms with Crippen LogP contribution in [-0.4, -0.2) is 60.5 Å². The maximum atomic E-state index is 14.0. The molecule has 1 aliphatic carbocycles. The number of allylic oxidation sites excluding steroid dienone is 5. The van der Waals surface area contributed by atoms with Gasteiger partial charge in [0, 0.05) is 37.4 Å². The molecule has 12 heteroatoms. The number of piperidine rings is 1. The standard InChI is InChI=1S/C29H37FN8O2S/c1-18(2)6-10-32-27(31)41-17-24(39)37-12-8-21(9-13-37)34-28-33-11-7-23(35-28)26-25(36-29-38(26)14-15-40-29)20-4-5-22(30)19(3)16-20/h4-7,10-11,14-15,18-19,21,27,32H,8-9,12-13,16-17,31H2,1-3H3,(H,33,34,35)/b10-6-. The van der Waals surface area contributed by atoms with Crippen LogP contribution < -0.4 is 16.4 Å². The number of nitrogens with zero attached hydrogens (tertiary/aromatic N) is 5. The second-order valence-electron chi connectivity index (χ2n) is 10.8. The first-order valence-electron chi connectivity index (χ1n) is 14.0. The zero-order valence-corrected chi connectivity index (χ0v) is 24.4. The highest BCUT2D eigenvalue weighted by molar-refractivity contribution is 8.00. The average Bonchev–Trinajstić information content (AvgIpc) is 3.55. The summed E-state index contributed by atoms with van der Waals surface area (Å²) >= 11 is 1.40. The van der Waals surface area contributed by atoms with Crippen molar-refractivity contribution in [1.82, 2.24) is 29.6 Å². The van der Waals surface area contributed by atoms with Gasteiger partial charge in [0.2, 0.25) is 11.9 Å². The van der Waals surface area contributed by atoms with E-state index in [-0.39, 0.29) is 29.2 Å². The molecule has 4 N–H and O–H groups in total. The van der Waals surface area contributed by atoms with Crippen LogP contribution in [0.5, 0.6) is 0 Å². The van der Waals surface area contributed by atoms with Gasteiger partial charge in [-0.05, 0) is 49.1 Å². The fourth-order valence-electron chi connectivity index (χ4n) is 4.93. The van der Waals surface area contributed by atoms with E-state index in [1.54, 1.807) is 24.7 Å². The van der Waals surface area contributed by atoms with E-state index in [9.17, 15) is 9.18 Å². The van der Waals surface area contributed by atoms with E-state index in [1.165, 1.54) is 17.8 Å². The highest BCUT2D eigenvalue weighted by Gasteiger charge is 2.26. The molecule has 41 heavy (non-hydrogen) atoms. The zero-order chi connectivity index (χ0) is 28.9. The molecular weight excluding hydrogens is 543 g/mol. The summed E-state index contributed by atoms with van der Waals surface area (Å²) in [5.41, 5.74) is 8.85. The van der Waals surface area contributed by atoms with Crippen LogP contribution in [0.1, 0.15) is 45.7 Å². The summed E-state index contributed by atoms with van der Waals surface area (Å²) in [6.45, 7) is 7.36. The van der Waals surface area contributed by atoms with Gasteiger partial charge in [0.25, 0.3) is 0 Å². The number of oxazole rings is 1. The zero-order valence-electron chi connectivity index (χ0n) is 23.6. The molecule has 1 saturated heterocycles. The fourth-order valence-corrected chi connectivity index (χ4v) is 5.61. The number of carbonyl (C=O) groups is 1. The summed E-state index contributed by atoms with van der Waals surface area (Å²) in [4.78, 5) is 28.6. The molecule has 3 aromatic heterocycles.